The van der Waals surface area contributed by atoms with E-state index in [9.17, 15) is 19.8 Å². The maximum atomic E-state index is 12.5. The zero-order valence-corrected chi connectivity index (χ0v) is 47.0. The number of aliphatic hydroxyl groups excluding tert-OH is 2. The van der Waals surface area contributed by atoms with E-state index in [1.807, 2.05) is 6.08 Å². The Hall–Kier alpha value is -1.92. The minimum atomic E-state index is -0.844. The summed E-state index contributed by atoms with van der Waals surface area (Å²) in [7, 11) is 0. The largest absolute Gasteiger partial charge is 0.466 e. The molecular formula is C64H121NO5. The number of hydrogen-bond donors (Lipinski definition) is 3. The van der Waals surface area contributed by atoms with Gasteiger partial charge in [0.15, 0.2) is 0 Å². The highest BCUT2D eigenvalue weighted by molar-refractivity contribution is 5.76. The summed E-state index contributed by atoms with van der Waals surface area (Å²) >= 11 is 0. The molecule has 0 aliphatic rings. The third-order valence-electron chi connectivity index (χ3n) is 14.4. The van der Waals surface area contributed by atoms with Crippen LogP contribution in [0.1, 0.15) is 335 Å². The number of carbonyl (C=O) groups is 2. The van der Waals surface area contributed by atoms with Crippen LogP contribution >= 0.6 is 0 Å². The highest BCUT2D eigenvalue weighted by Gasteiger charge is 2.18. The number of ether oxygens (including phenoxy) is 1. The van der Waals surface area contributed by atoms with Crippen molar-refractivity contribution in [2.75, 3.05) is 13.2 Å². The van der Waals surface area contributed by atoms with Gasteiger partial charge < -0.3 is 20.3 Å². The number of rotatable bonds is 58. The number of esters is 1. The number of allylic oxidation sites excluding steroid dienone is 5. The van der Waals surface area contributed by atoms with Gasteiger partial charge in [-0.2, -0.15) is 0 Å². The van der Waals surface area contributed by atoms with Gasteiger partial charge in [-0.05, 0) is 64.2 Å². The van der Waals surface area contributed by atoms with E-state index in [1.54, 1.807) is 6.08 Å². The summed E-state index contributed by atoms with van der Waals surface area (Å²) < 4.78 is 5.48. The van der Waals surface area contributed by atoms with E-state index in [-0.39, 0.29) is 18.5 Å². The van der Waals surface area contributed by atoms with Crippen LogP contribution < -0.4 is 5.32 Å². The van der Waals surface area contributed by atoms with E-state index >= 15 is 0 Å². The highest BCUT2D eigenvalue weighted by Crippen LogP contribution is 2.17. The number of aliphatic hydroxyl groups is 2. The maximum Gasteiger partial charge on any atom is 0.305 e. The molecule has 412 valence electrons. The Balaban J connectivity index is 3.40. The number of amides is 1. The third-order valence-corrected chi connectivity index (χ3v) is 14.4. The van der Waals surface area contributed by atoms with E-state index in [4.69, 9.17) is 4.74 Å². The topological polar surface area (TPSA) is 95.9 Å². The molecule has 1 amide bonds. The predicted molar refractivity (Wildman–Crippen MR) is 306 cm³/mol. The fourth-order valence-corrected chi connectivity index (χ4v) is 9.61. The maximum absolute atomic E-state index is 12.5. The van der Waals surface area contributed by atoms with Crippen LogP contribution in [0.4, 0.5) is 0 Å². The van der Waals surface area contributed by atoms with Crippen molar-refractivity contribution >= 4 is 11.9 Å². The summed E-state index contributed by atoms with van der Waals surface area (Å²) in [6.45, 7) is 4.88. The molecule has 0 aromatic heterocycles. The molecule has 0 heterocycles. The number of carbonyl (C=O) groups excluding carboxylic acids is 2. The van der Waals surface area contributed by atoms with Gasteiger partial charge in [-0.25, -0.2) is 0 Å². The van der Waals surface area contributed by atoms with E-state index in [2.05, 4.69) is 43.5 Å². The number of nitrogens with one attached hydrogen (secondary N) is 1. The minimum Gasteiger partial charge on any atom is -0.466 e. The quantitative estimate of drug-likeness (QED) is 0.0321. The van der Waals surface area contributed by atoms with Crippen LogP contribution in [0, 0.1) is 0 Å². The van der Waals surface area contributed by atoms with E-state index in [0.717, 1.165) is 51.4 Å². The second-order valence-electron chi connectivity index (χ2n) is 21.4. The Labute approximate surface area is 436 Å². The fraction of sp³-hybridized carbons (Fsp3) is 0.875. The summed E-state index contributed by atoms with van der Waals surface area (Å²) in [5, 5.41) is 23.1. The Morgan fingerprint density at radius 1 is 0.400 bits per heavy atom. The summed E-state index contributed by atoms with van der Waals surface area (Å²) in [5.74, 6) is -0.0665. The standard InChI is InChI=1S/C64H121NO5/c1-3-5-7-9-11-13-15-17-28-32-36-40-44-48-52-56-62(67)61(60-66)65-63(68)57-53-49-45-41-37-33-30-26-24-22-20-19-21-23-25-27-31-35-39-43-47-51-55-59-70-64(69)58-54-50-46-42-38-34-29-18-16-14-12-10-8-6-4-2/h12,14,18,29,52,56,61-62,66-67H,3-11,13,15-17,19-28,30-51,53-55,57-60H2,1-2H3,(H,65,68)/b14-12-,29-18-,56-52+/t61-,62+/m0/s1. The number of hydrogen-bond acceptors (Lipinski definition) is 5. The number of unbranched alkanes of at least 4 members (excludes halogenated alkanes) is 43. The van der Waals surface area contributed by atoms with Crippen molar-refractivity contribution in [1.29, 1.82) is 0 Å². The summed E-state index contributed by atoms with van der Waals surface area (Å²) in [6.07, 6.45) is 74.7. The molecule has 0 aliphatic heterocycles. The van der Waals surface area contributed by atoms with Gasteiger partial charge in [0.1, 0.15) is 0 Å². The molecule has 6 heteroatoms. The van der Waals surface area contributed by atoms with Gasteiger partial charge in [-0.15, -0.1) is 0 Å². The zero-order chi connectivity index (χ0) is 50.7. The Morgan fingerprint density at radius 3 is 1.11 bits per heavy atom. The smallest absolute Gasteiger partial charge is 0.305 e. The van der Waals surface area contributed by atoms with Crippen molar-refractivity contribution < 1.29 is 24.5 Å². The van der Waals surface area contributed by atoms with Crippen LogP contribution in [0.25, 0.3) is 0 Å². The predicted octanol–water partition coefficient (Wildman–Crippen LogP) is 19.6. The van der Waals surface area contributed by atoms with Crippen molar-refractivity contribution in [1.82, 2.24) is 5.32 Å². The van der Waals surface area contributed by atoms with Crippen LogP contribution in [0.5, 0.6) is 0 Å². The lowest BCUT2D eigenvalue weighted by Crippen LogP contribution is -2.45. The Morgan fingerprint density at radius 2 is 0.714 bits per heavy atom. The summed E-state index contributed by atoms with van der Waals surface area (Å²) in [6, 6.07) is -0.627. The van der Waals surface area contributed by atoms with E-state index in [0.29, 0.717) is 19.4 Å². The molecule has 0 fully saturated rings. The first-order valence-corrected chi connectivity index (χ1v) is 31.3. The lowest BCUT2D eigenvalue weighted by molar-refractivity contribution is -0.143. The Bertz CT molecular complexity index is 1130. The summed E-state index contributed by atoms with van der Waals surface area (Å²) in [5.41, 5.74) is 0. The molecule has 0 spiro atoms. The van der Waals surface area contributed by atoms with E-state index in [1.165, 1.54) is 257 Å². The second kappa shape index (κ2) is 59.6. The van der Waals surface area contributed by atoms with Gasteiger partial charge in [-0.1, -0.05) is 294 Å². The van der Waals surface area contributed by atoms with Gasteiger partial charge in [0.2, 0.25) is 5.91 Å². The molecule has 0 rings (SSSR count). The summed E-state index contributed by atoms with van der Waals surface area (Å²) in [4.78, 5) is 24.5. The van der Waals surface area contributed by atoms with Crippen molar-refractivity contribution in [3.63, 3.8) is 0 Å². The molecule has 70 heavy (non-hydrogen) atoms. The third kappa shape index (κ3) is 55.4. The average Bonchev–Trinajstić information content (AvgIpc) is 3.36. The molecule has 0 radical (unpaired) electrons. The van der Waals surface area contributed by atoms with Crippen LogP contribution in [0.3, 0.4) is 0 Å². The molecule has 0 aromatic carbocycles. The van der Waals surface area contributed by atoms with Gasteiger partial charge in [-0.3, -0.25) is 9.59 Å². The van der Waals surface area contributed by atoms with Crippen molar-refractivity contribution in [3.05, 3.63) is 36.5 Å². The van der Waals surface area contributed by atoms with Crippen molar-refractivity contribution in [3.8, 4) is 0 Å². The van der Waals surface area contributed by atoms with Crippen LogP contribution in [0.2, 0.25) is 0 Å². The van der Waals surface area contributed by atoms with Crippen LogP contribution in [-0.4, -0.2) is 47.4 Å². The molecule has 0 saturated carbocycles. The highest BCUT2D eigenvalue weighted by atomic mass is 16.5. The lowest BCUT2D eigenvalue weighted by atomic mass is 10.0. The van der Waals surface area contributed by atoms with E-state index < -0.39 is 12.1 Å². The second-order valence-corrected chi connectivity index (χ2v) is 21.4. The fourth-order valence-electron chi connectivity index (χ4n) is 9.61. The first kappa shape index (κ1) is 68.1. The van der Waals surface area contributed by atoms with Gasteiger partial charge in [0.25, 0.3) is 0 Å². The molecule has 0 unspecified atom stereocenters. The molecule has 0 saturated heterocycles. The molecule has 0 bridgehead atoms. The first-order chi connectivity index (χ1) is 34.5. The zero-order valence-electron chi connectivity index (χ0n) is 47.0. The van der Waals surface area contributed by atoms with Crippen LogP contribution in [0.15, 0.2) is 36.5 Å². The van der Waals surface area contributed by atoms with Crippen LogP contribution in [-0.2, 0) is 14.3 Å². The molecular weight excluding hydrogens is 863 g/mol. The minimum absolute atomic E-state index is 0.000118. The molecule has 2 atom stereocenters. The molecule has 0 aromatic rings. The molecule has 0 aliphatic carbocycles. The first-order valence-electron chi connectivity index (χ1n) is 31.3. The van der Waals surface area contributed by atoms with Crippen molar-refractivity contribution in [2.24, 2.45) is 0 Å². The monoisotopic (exact) mass is 984 g/mol. The van der Waals surface area contributed by atoms with Gasteiger partial charge in [0.05, 0.1) is 25.4 Å². The lowest BCUT2D eigenvalue weighted by Gasteiger charge is -2.20. The normalized spacial score (nSPS) is 12.8. The molecule has 6 nitrogen and oxygen atoms in total. The van der Waals surface area contributed by atoms with Gasteiger partial charge >= 0.3 is 5.97 Å². The molecule has 3 N–H and O–H groups in total. The average molecular weight is 985 g/mol. The SMILES string of the molecule is CCCCC/C=C\C/C=C\CCCCCCCC(=O)OCCCCCCCCCCCCCCCCCCCCCCCCCC(=O)N[C@@H](CO)[C@H](O)/C=C/CCCCCCCCCCCCCCC. The van der Waals surface area contributed by atoms with Gasteiger partial charge in [0, 0.05) is 12.8 Å². The Kier molecular flexibility index (Phi) is 58.0. The van der Waals surface area contributed by atoms with Crippen molar-refractivity contribution in [2.45, 2.75) is 347 Å².